The minimum Gasteiger partial charge on any atom is -0.324 e. The van der Waals surface area contributed by atoms with Crippen molar-refractivity contribution in [3.05, 3.63) is 100 Å². The summed E-state index contributed by atoms with van der Waals surface area (Å²) in [7, 11) is 0. The molecule has 9 heteroatoms. The molecule has 0 aliphatic rings. The average Bonchev–Trinajstić information content (AvgIpc) is 3.25. The Bertz CT molecular complexity index is 1300. The Morgan fingerprint density at radius 2 is 1.71 bits per heavy atom. The number of nitrogens with zero attached hydrogens (tertiary/aromatic N) is 3. The number of carbonyl (C=O) groups is 1. The van der Waals surface area contributed by atoms with Crippen LogP contribution in [0.4, 0.5) is 10.1 Å². The van der Waals surface area contributed by atoms with Gasteiger partial charge in [0.1, 0.15) is 11.6 Å². The molecule has 180 valence electrons. The maximum absolute atomic E-state index is 13.7. The minimum atomic E-state index is -0.440. The number of benzene rings is 3. The van der Waals surface area contributed by atoms with Crippen molar-refractivity contribution >= 4 is 46.6 Å². The normalized spacial score (nSPS) is 10.9. The van der Waals surface area contributed by atoms with Crippen LogP contribution in [0.25, 0.3) is 5.69 Å². The van der Waals surface area contributed by atoms with Gasteiger partial charge in [-0.1, -0.05) is 77.4 Å². The number of anilines is 1. The van der Waals surface area contributed by atoms with Gasteiger partial charge in [0.25, 0.3) is 0 Å². The molecule has 1 amide bonds. The zero-order valence-corrected chi connectivity index (χ0v) is 21.1. The standard InChI is InChI=1S/C26H23Cl2FN4OS/c27-20-14-13-19(17-21(20)28)33-24(16-18-8-2-1-3-9-18)31-32-26(33)35-15-7-6-12-25(34)30-23-11-5-4-10-22(23)29/h1-5,8-11,13-14,17H,6-7,12,15-16H2,(H,30,34). The van der Waals surface area contributed by atoms with E-state index < -0.39 is 5.82 Å². The lowest BCUT2D eigenvalue weighted by atomic mass is 10.1. The predicted octanol–water partition coefficient (Wildman–Crippen LogP) is 7.21. The molecule has 0 bridgehead atoms. The second-order valence-electron chi connectivity index (χ2n) is 7.83. The summed E-state index contributed by atoms with van der Waals surface area (Å²) in [5, 5.41) is 13.2. The van der Waals surface area contributed by atoms with Gasteiger partial charge in [-0.05, 0) is 48.7 Å². The van der Waals surface area contributed by atoms with E-state index in [1.165, 1.54) is 6.07 Å². The average molecular weight is 529 g/mol. The van der Waals surface area contributed by atoms with E-state index in [9.17, 15) is 9.18 Å². The van der Waals surface area contributed by atoms with Crippen molar-refractivity contribution in [1.82, 2.24) is 14.8 Å². The number of amides is 1. The van der Waals surface area contributed by atoms with Gasteiger partial charge in [-0.25, -0.2) is 4.39 Å². The Hall–Kier alpha value is -2.87. The summed E-state index contributed by atoms with van der Waals surface area (Å²) in [5.41, 5.74) is 2.16. The van der Waals surface area contributed by atoms with Crippen LogP contribution in [0.3, 0.4) is 0 Å². The number of carbonyl (C=O) groups excluding carboxylic acids is 1. The summed E-state index contributed by atoms with van der Waals surface area (Å²) < 4.78 is 15.7. The molecule has 4 aromatic rings. The molecule has 0 unspecified atom stereocenters. The Morgan fingerprint density at radius 3 is 2.49 bits per heavy atom. The number of rotatable bonds is 10. The van der Waals surface area contributed by atoms with E-state index >= 15 is 0 Å². The highest BCUT2D eigenvalue weighted by molar-refractivity contribution is 7.99. The van der Waals surface area contributed by atoms with Crippen molar-refractivity contribution in [2.75, 3.05) is 11.1 Å². The Labute approximate surface area is 217 Å². The van der Waals surface area contributed by atoms with Crippen LogP contribution >= 0.6 is 35.0 Å². The smallest absolute Gasteiger partial charge is 0.224 e. The fourth-order valence-electron chi connectivity index (χ4n) is 3.50. The summed E-state index contributed by atoms with van der Waals surface area (Å²) in [4.78, 5) is 12.1. The molecule has 35 heavy (non-hydrogen) atoms. The molecule has 1 aromatic heterocycles. The van der Waals surface area contributed by atoms with Crippen LogP contribution in [-0.2, 0) is 11.2 Å². The SMILES string of the molecule is O=C(CCCCSc1nnc(Cc2ccccc2)n1-c1ccc(Cl)c(Cl)c1)Nc1ccccc1F. The first-order chi connectivity index (χ1) is 17.0. The number of hydrogen-bond donors (Lipinski definition) is 1. The molecule has 0 fully saturated rings. The van der Waals surface area contributed by atoms with Crippen molar-refractivity contribution in [2.24, 2.45) is 0 Å². The zero-order chi connectivity index (χ0) is 24.6. The largest absolute Gasteiger partial charge is 0.324 e. The second-order valence-corrected chi connectivity index (χ2v) is 9.71. The molecule has 4 rings (SSSR count). The van der Waals surface area contributed by atoms with Gasteiger partial charge < -0.3 is 5.32 Å². The van der Waals surface area contributed by atoms with E-state index in [1.807, 2.05) is 41.0 Å². The van der Waals surface area contributed by atoms with Gasteiger partial charge in [0.15, 0.2) is 5.16 Å². The van der Waals surface area contributed by atoms with Gasteiger partial charge in [-0.3, -0.25) is 9.36 Å². The number of para-hydroxylation sites is 1. The fourth-order valence-corrected chi connectivity index (χ4v) is 4.76. The van der Waals surface area contributed by atoms with E-state index in [0.29, 0.717) is 29.3 Å². The maximum atomic E-state index is 13.7. The van der Waals surface area contributed by atoms with Gasteiger partial charge in [-0.2, -0.15) is 0 Å². The third-order valence-electron chi connectivity index (χ3n) is 5.24. The summed E-state index contributed by atoms with van der Waals surface area (Å²) in [6.07, 6.45) is 2.39. The monoisotopic (exact) mass is 528 g/mol. The quantitative estimate of drug-likeness (QED) is 0.174. The number of aromatic nitrogens is 3. The molecule has 0 saturated heterocycles. The molecule has 5 nitrogen and oxygen atoms in total. The number of halogens is 3. The first-order valence-electron chi connectivity index (χ1n) is 11.1. The minimum absolute atomic E-state index is 0.201. The van der Waals surface area contributed by atoms with E-state index in [-0.39, 0.29) is 11.6 Å². The lowest BCUT2D eigenvalue weighted by molar-refractivity contribution is -0.116. The van der Waals surface area contributed by atoms with Crippen molar-refractivity contribution in [1.29, 1.82) is 0 Å². The van der Waals surface area contributed by atoms with Gasteiger partial charge in [0.05, 0.1) is 21.4 Å². The highest BCUT2D eigenvalue weighted by atomic mass is 35.5. The molecule has 3 aromatic carbocycles. The molecule has 1 heterocycles. The number of unbranched alkanes of at least 4 members (excludes halogenated alkanes) is 1. The number of hydrogen-bond acceptors (Lipinski definition) is 4. The second kappa shape index (κ2) is 12.2. The van der Waals surface area contributed by atoms with Crippen LogP contribution in [0.1, 0.15) is 30.7 Å². The molecule has 1 N–H and O–H groups in total. The molecule has 0 aliphatic heterocycles. The lowest BCUT2D eigenvalue weighted by Gasteiger charge is -2.11. The van der Waals surface area contributed by atoms with Gasteiger partial charge in [-0.15, -0.1) is 10.2 Å². The van der Waals surface area contributed by atoms with Crippen LogP contribution in [-0.4, -0.2) is 26.4 Å². The number of nitrogens with one attached hydrogen (secondary N) is 1. The molecule has 0 atom stereocenters. The Morgan fingerprint density at radius 1 is 0.943 bits per heavy atom. The first kappa shape index (κ1) is 25.2. The van der Waals surface area contributed by atoms with Crippen molar-refractivity contribution in [3.63, 3.8) is 0 Å². The summed E-state index contributed by atoms with van der Waals surface area (Å²) in [6.45, 7) is 0. The van der Waals surface area contributed by atoms with Crippen molar-refractivity contribution in [2.45, 2.75) is 30.8 Å². The number of thioether (sulfide) groups is 1. The van der Waals surface area contributed by atoms with Gasteiger partial charge in [0, 0.05) is 18.6 Å². The third-order valence-corrected chi connectivity index (χ3v) is 7.00. The molecule has 0 radical (unpaired) electrons. The van der Waals surface area contributed by atoms with Crippen LogP contribution in [0.2, 0.25) is 10.0 Å². The van der Waals surface area contributed by atoms with E-state index in [2.05, 4.69) is 15.5 Å². The van der Waals surface area contributed by atoms with E-state index in [0.717, 1.165) is 34.4 Å². The molecule has 0 aliphatic carbocycles. The highest BCUT2D eigenvalue weighted by Gasteiger charge is 2.16. The Kier molecular flexibility index (Phi) is 8.79. The van der Waals surface area contributed by atoms with Gasteiger partial charge >= 0.3 is 0 Å². The summed E-state index contributed by atoms with van der Waals surface area (Å²) >= 11 is 14.0. The predicted molar refractivity (Wildman–Crippen MR) is 140 cm³/mol. The molecule has 0 saturated carbocycles. The zero-order valence-electron chi connectivity index (χ0n) is 18.8. The fraction of sp³-hybridized carbons (Fsp3) is 0.192. The topological polar surface area (TPSA) is 59.8 Å². The van der Waals surface area contributed by atoms with Crippen molar-refractivity contribution in [3.8, 4) is 5.69 Å². The summed E-state index contributed by atoms with van der Waals surface area (Å²) in [5.74, 6) is 0.896. The van der Waals surface area contributed by atoms with Gasteiger partial charge in [0.2, 0.25) is 5.91 Å². The molecular formula is C26H23Cl2FN4OS. The Balaban J connectivity index is 1.39. The van der Waals surface area contributed by atoms with Crippen LogP contribution in [0.5, 0.6) is 0 Å². The van der Waals surface area contributed by atoms with Crippen LogP contribution < -0.4 is 5.32 Å². The lowest BCUT2D eigenvalue weighted by Crippen LogP contribution is -2.12. The van der Waals surface area contributed by atoms with Crippen LogP contribution in [0.15, 0.2) is 78.0 Å². The third kappa shape index (κ3) is 6.84. The van der Waals surface area contributed by atoms with E-state index in [1.54, 1.807) is 42.1 Å². The molecule has 0 spiro atoms. The maximum Gasteiger partial charge on any atom is 0.224 e. The van der Waals surface area contributed by atoms with E-state index in [4.69, 9.17) is 23.2 Å². The first-order valence-corrected chi connectivity index (χ1v) is 12.9. The highest BCUT2D eigenvalue weighted by Crippen LogP contribution is 2.29. The van der Waals surface area contributed by atoms with Crippen LogP contribution in [0, 0.1) is 5.82 Å². The summed E-state index contributed by atoms with van der Waals surface area (Å²) in [6, 6.07) is 21.7. The molecular weight excluding hydrogens is 506 g/mol. The van der Waals surface area contributed by atoms with Crippen molar-refractivity contribution < 1.29 is 9.18 Å².